The molecule has 1 saturated carbocycles. The van der Waals surface area contributed by atoms with E-state index in [9.17, 15) is 14.0 Å². The number of aliphatic hydroxyl groups is 1. The van der Waals surface area contributed by atoms with Gasteiger partial charge in [0.25, 0.3) is 0 Å². The molecule has 26 heavy (non-hydrogen) atoms. The van der Waals surface area contributed by atoms with Crippen molar-refractivity contribution in [3.05, 3.63) is 24.0 Å². The second-order valence-electron chi connectivity index (χ2n) is 6.55. The summed E-state index contributed by atoms with van der Waals surface area (Å²) in [5.74, 6) is 0.140. The monoisotopic (exact) mass is 365 g/mol. The van der Waals surface area contributed by atoms with E-state index in [2.05, 4.69) is 5.32 Å². The van der Waals surface area contributed by atoms with E-state index in [1.807, 2.05) is 4.90 Å². The number of carbonyl (C=O) groups is 2. The molecule has 2 amide bonds. The van der Waals surface area contributed by atoms with Crippen LogP contribution in [0.15, 0.2) is 18.2 Å². The van der Waals surface area contributed by atoms with E-state index in [-0.39, 0.29) is 43.2 Å². The number of anilines is 1. The molecule has 3 rings (SSSR count). The predicted molar refractivity (Wildman–Crippen MR) is 93.4 cm³/mol. The Balaban J connectivity index is 1.49. The minimum absolute atomic E-state index is 0.0447. The average Bonchev–Trinajstić information content (AvgIpc) is 3.50. The molecule has 0 spiro atoms. The zero-order valence-corrected chi connectivity index (χ0v) is 14.6. The van der Waals surface area contributed by atoms with Gasteiger partial charge in [-0.05, 0) is 25.0 Å². The summed E-state index contributed by atoms with van der Waals surface area (Å²) in [6.45, 7) is 2.11. The summed E-state index contributed by atoms with van der Waals surface area (Å²) in [5.41, 5.74) is 0.496. The number of hydrogen-bond acceptors (Lipinski definition) is 5. The number of amides is 2. The lowest BCUT2D eigenvalue weighted by atomic mass is 10.2. The third kappa shape index (κ3) is 4.63. The molecule has 2 aliphatic rings. The largest absolute Gasteiger partial charge is 0.489 e. The Morgan fingerprint density at radius 3 is 2.54 bits per heavy atom. The van der Waals surface area contributed by atoms with E-state index < -0.39 is 5.82 Å². The van der Waals surface area contributed by atoms with Crippen LogP contribution in [0.2, 0.25) is 0 Å². The van der Waals surface area contributed by atoms with Gasteiger partial charge in [-0.2, -0.15) is 0 Å². The molecule has 2 N–H and O–H groups in total. The molecule has 142 valence electrons. The summed E-state index contributed by atoms with van der Waals surface area (Å²) in [4.78, 5) is 28.0. The number of piperazine rings is 1. The number of benzene rings is 1. The number of rotatable bonds is 7. The second kappa shape index (κ2) is 8.35. The maximum Gasteiger partial charge on any atom is 0.241 e. The van der Waals surface area contributed by atoms with E-state index >= 15 is 0 Å². The predicted octanol–water partition coefficient (Wildman–Crippen LogP) is 0.689. The smallest absolute Gasteiger partial charge is 0.241 e. The van der Waals surface area contributed by atoms with Crippen LogP contribution in [0, 0.1) is 11.7 Å². The highest BCUT2D eigenvalue weighted by atomic mass is 19.1. The maximum atomic E-state index is 13.3. The zero-order valence-electron chi connectivity index (χ0n) is 14.6. The van der Waals surface area contributed by atoms with Gasteiger partial charge in [-0.3, -0.25) is 9.59 Å². The minimum Gasteiger partial charge on any atom is -0.489 e. The van der Waals surface area contributed by atoms with E-state index in [0.717, 1.165) is 12.8 Å². The fourth-order valence-corrected chi connectivity index (χ4v) is 2.96. The van der Waals surface area contributed by atoms with Gasteiger partial charge in [0.1, 0.15) is 18.2 Å². The Hall–Kier alpha value is -2.35. The maximum absolute atomic E-state index is 13.3. The van der Waals surface area contributed by atoms with Crippen molar-refractivity contribution in [3.63, 3.8) is 0 Å². The first-order valence-electron chi connectivity index (χ1n) is 8.92. The summed E-state index contributed by atoms with van der Waals surface area (Å²) in [6, 6.07) is 3.99. The van der Waals surface area contributed by atoms with Gasteiger partial charge in [0, 0.05) is 38.2 Å². The third-order valence-electron chi connectivity index (χ3n) is 4.59. The van der Waals surface area contributed by atoms with Crippen LogP contribution in [0.5, 0.6) is 5.75 Å². The molecule has 0 unspecified atom stereocenters. The van der Waals surface area contributed by atoms with Crippen molar-refractivity contribution in [1.82, 2.24) is 9.80 Å². The molecule has 1 aromatic carbocycles. The molecule has 1 aromatic rings. The summed E-state index contributed by atoms with van der Waals surface area (Å²) < 4.78 is 18.6. The molecule has 1 saturated heterocycles. The highest BCUT2D eigenvalue weighted by Crippen LogP contribution is 2.31. The third-order valence-corrected chi connectivity index (χ3v) is 4.59. The Morgan fingerprint density at radius 1 is 1.19 bits per heavy atom. The minimum atomic E-state index is -0.453. The van der Waals surface area contributed by atoms with Crippen molar-refractivity contribution >= 4 is 17.5 Å². The lowest BCUT2D eigenvalue weighted by Crippen LogP contribution is -2.52. The number of nitrogens with zero attached hydrogens (tertiary/aromatic N) is 2. The molecular weight excluding hydrogens is 341 g/mol. The summed E-state index contributed by atoms with van der Waals surface area (Å²) in [7, 11) is 0. The zero-order chi connectivity index (χ0) is 18.5. The number of ether oxygens (including phenoxy) is 1. The highest BCUT2D eigenvalue weighted by Gasteiger charge is 2.35. The molecule has 1 heterocycles. The van der Waals surface area contributed by atoms with Crippen molar-refractivity contribution < 1.29 is 23.8 Å². The van der Waals surface area contributed by atoms with Crippen LogP contribution < -0.4 is 10.1 Å². The van der Waals surface area contributed by atoms with Crippen molar-refractivity contribution in [1.29, 1.82) is 0 Å². The SMILES string of the molecule is O=C(CNc1ccc(F)cc1OCCO)N1CCN(C(=O)C2CC2)CC1. The number of hydrogen-bond donors (Lipinski definition) is 2. The van der Waals surface area contributed by atoms with Crippen LogP contribution >= 0.6 is 0 Å². The average molecular weight is 365 g/mol. The lowest BCUT2D eigenvalue weighted by molar-refractivity contribution is -0.139. The number of halogens is 1. The van der Waals surface area contributed by atoms with Gasteiger partial charge in [-0.25, -0.2) is 4.39 Å². The molecule has 0 bridgehead atoms. The van der Waals surface area contributed by atoms with Gasteiger partial charge < -0.3 is 25.0 Å². The summed E-state index contributed by atoms with van der Waals surface area (Å²) in [6.07, 6.45) is 1.97. The topological polar surface area (TPSA) is 82.1 Å². The lowest BCUT2D eigenvalue weighted by Gasteiger charge is -2.35. The van der Waals surface area contributed by atoms with Crippen molar-refractivity contribution in [3.8, 4) is 5.75 Å². The molecule has 2 fully saturated rings. The molecule has 1 aliphatic carbocycles. The first-order valence-corrected chi connectivity index (χ1v) is 8.92. The number of nitrogens with one attached hydrogen (secondary N) is 1. The molecule has 0 radical (unpaired) electrons. The Bertz CT molecular complexity index is 658. The van der Waals surface area contributed by atoms with Crippen LogP contribution in [-0.2, 0) is 9.59 Å². The highest BCUT2D eigenvalue weighted by molar-refractivity contribution is 5.83. The van der Waals surface area contributed by atoms with Crippen molar-refractivity contribution in [2.24, 2.45) is 5.92 Å². The fraction of sp³-hybridized carbons (Fsp3) is 0.556. The van der Waals surface area contributed by atoms with Gasteiger partial charge >= 0.3 is 0 Å². The molecule has 1 aliphatic heterocycles. The Kier molecular flexibility index (Phi) is 5.92. The van der Waals surface area contributed by atoms with Crippen LogP contribution in [0.1, 0.15) is 12.8 Å². The van der Waals surface area contributed by atoms with Gasteiger partial charge in [0.15, 0.2) is 0 Å². The number of aliphatic hydroxyl groups excluding tert-OH is 1. The quantitative estimate of drug-likeness (QED) is 0.743. The number of carbonyl (C=O) groups excluding carboxylic acids is 2. The molecule has 8 heteroatoms. The fourth-order valence-electron chi connectivity index (χ4n) is 2.96. The van der Waals surface area contributed by atoms with Crippen molar-refractivity contribution in [2.75, 3.05) is 51.3 Å². The molecular formula is C18H24FN3O4. The van der Waals surface area contributed by atoms with E-state index in [1.165, 1.54) is 18.2 Å². The van der Waals surface area contributed by atoms with E-state index in [1.54, 1.807) is 4.90 Å². The molecule has 0 atom stereocenters. The summed E-state index contributed by atoms with van der Waals surface area (Å²) in [5, 5.41) is 11.8. The first-order chi connectivity index (χ1) is 12.6. The van der Waals surface area contributed by atoms with Crippen molar-refractivity contribution in [2.45, 2.75) is 12.8 Å². The molecule has 7 nitrogen and oxygen atoms in total. The van der Waals surface area contributed by atoms with Crippen LogP contribution in [0.25, 0.3) is 0 Å². The van der Waals surface area contributed by atoms with Crippen LogP contribution in [0.4, 0.5) is 10.1 Å². The van der Waals surface area contributed by atoms with Crippen LogP contribution in [-0.4, -0.2) is 72.7 Å². The van der Waals surface area contributed by atoms with Gasteiger partial charge in [0.05, 0.1) is 18.8 Å². The van der Waals surface area contributed by atoms with Gasteiger partial charge in [-0.1, -0.05) is 0 Å². The van der Waals surface area contributed by atoms with Crippen LogP contribution in [0.3, 0.4) is 0 Å². The van der Waals surface area contributed by atoms with E-state index in [4.69, 9.17) is 9.84 Å². The normalized spacial score (nSPS) is 17.2. The Morgan fingerprint density at radius 2 is 1.88 bits per heavy atom. The summed E-state index contributed by atoms with van der Waals surface area (Å²) >= 11 is 0. The van der Waals surface area contributed by atoms with E-state index in [0.29, 0.717) is 31.9 Å². The van der Waals surface area contributed by atoms with Gasteiger partial charge in [0.2, 0.25) is 11.8 Å². The molecule has 0 aromatic heterocycles. The second-order valence-corrected chi connectivity index (χ2v) is 6.55. The Labute approximate surface area is 151 Å². The first kappa shape index (κ1) is 18.4. The van der Waals surface area contributed by atoms with Gasteiger partial charge in [-0.15, -0.1) is 0 Å². The standard InChI is InChI=1S/C18H24FN3O4/c19-14-3-4-15(16(11-14)26-10-9-23)20-12-17(24)21-5-7-22(8-6-21)18(25)13-1-2-13/h3-4,11,13,20,23H,1-2,5-10,12H2.